The van der Waals surface area contributed by atoms with Gasteiger partial charge in [0.05, 0.1) is 5.56 Å². The van der Waals surface area contributed by atoms with E-state index in [1.807, 2.05) is 20.8 Å². The Labute approximate surface area is 124 Å². The van der Waals surface area contributed by atoms with Crippen molar-refractivity contribution in [2.24, 2.45) is 0 Å². The van der Waals surface area contributed by atoms with Gasteiger partial charge in [-0.25, -0.2) is 0 Å². The van der Waals surface area contributed by atoms with Gasteiger partial charge in [-0.1, -0.05) is 18.2 Å². The third-order valence-electron chi connectivity index (χ3n) is 2.74. The van der Waals surface area contributed by atoms with Crippen LogP contribution in [0.15, 0.2) is 30.4 Å². The summed E-state index contributed by atoms with van der Waals surface area (Å²) < 4.78 is 44.5. The smallest absolute Gasteiger partial charge is 0.419 e. The first-order chi connectivity index (χ1) is 9.63. The Balaban J connectivity index is 2.96. The van der Waals surface area contributed by atoms with Crippen LogP contribution in [0.5, 0.6) is 5.75 Å². The Morgan fingerprint density at radius 1 is 1.19 bits per heavy atom. The van der Waals surface area contributed by atoms with Gasteiger partial charge in [0.2, 0.25) is 0 Å². The maximum absolute atomic E-state index is 13.1. The lowest BCUT2D eigenvalue weighted by molar-refractivity contribution is -0.138. The normalized spacial score (nSPS) is 12.9. The first kappa shape index (κ1) is 17.6. The predicted molar refractivity (Wildman–Crippen MR) is 78.3 cm³/mol. The van der Waals surface area contributed by atoms with Gasteiger partial charge in [0.1, 0.15) is 12.4 Å². The van der Waals surface area contributed by atoms with Crippen LogP contribution in [0, 0.1) is 0 Å². The molecule has 0 radical (unpaired) electrons. The third-order valence-corrected chi connectivity index (χ3v) is 2.74. The molecule has 1 N–H and O–H groups in total. The Morgan fingerprint density at radius 3 is 2.38 bits per heavy atom. The highest BCUT2D eigenvalue weighted by atomic mass is 19.4. The first-order valence-corrected chi connectivity index (χ1v) is 6.82. The molecule has 0 saturated carbocycles. The quantitative estimate of drug-likeness (QED) is 0.806. The molecule has 0 heterocycles. The fourth-order valence-corrected chi connectivity index (χ4v) is 1.64. The molecule has 1 aromatic rings. The minimum atomic E-state index is -4.43. The van der Waals surface area contributed by atoms with Gasteiger partial charge in [-0.15, -0.1) is 0 Å². The molecule has 0 aromatic heterocycles. The molecule has 0 aliphatic rings. The van der Waals surface area contributed by atoms with Gasteiger partial charge in [-0.05, 0) is 45.4 Å². The number of halogens is 3. The summed E-state index contributed by atoms with van der Waals surface area (Å²) >= 11 is 0. The minimum Gasteiger partial charge on any atom is -0.489 e. The van der Waals surface area contributed by atoms with Crippen molar-refractivity contribution in [3.63, 3.8) is 0 Å². The van der Waals surface area contributed by atoms with Crippen LogP contribution in [0.1, 0.15) is 38.8 Å². The molecule has 0 bridgehead atoms. The summed E-state index contributed by atoms with van der Waals surface area (Å²) in [5, 5.41) is 3.17. The van der Waals surface area contributed by atoms with Crippen LogP contribution >= 0.6 is 0 Å². The monoisotopic (exact) mass is 301 g/mol. The van der Waals surface area contributed by atoms with E-state index in [2.05, 4.69) is 5.32 Å². The highest BCUT2D eigenvalue weighted by Gasteiger charge is 2.34. The number of alkyl halides is 3. The zero-order valence-electron chi connectivity index (χ0n) is 12.8. The topological polar surface area (TPSA) is 21.3 Å². The van der Waals surface area contributed by atoms with Crippen LogP contribution in [0.25, 0.3) is 0 Å². The SMILES string of the molecule is CC=CCOc1ccc(CNC(C)(C)C)cc1C(F)(F)F. The highest BCUT2D eigenvalue weighted by Crippen LogP contribution is 2.36. The number of allylic oxidation sites excluding steroid dienone is 1. The summed E-state index contributed by atoms with van der Waals surface area (Å²) in [6.07, 6.45) is -1.03. The standard InChI is InChI=1S/C16H22F3NO/c1-5-6-9-21-14-8-7-12(11-20-15(2,3)4)10-13(14)16(17,18)19/h5-8,10,20H,9,11H2,1-4H3. The molecule has 0 atom stereocenters. The molecule has 2 nitrogen and oxygen atoms in total. The molecule has 0 aliphatic heterocycles. The van der Waals surface area contributed by atoms with Crippen LogP contribution in [-0.4, -0.2) is 12.1 Å². The van der Waals surface area contributed by atoms with E-state index in [-0.39, 0.29) is 17.9 Å². The summed E-state index contributed by atoms with van der Waals surface area (Å²) in [5.74, 6) is -0.139. The van der Waals surface area contributed by atoms with E-state index in [9.17, 15) is 13.2 Å². The fraction of sp³-hybridized carbons (Fsp3) is 0.500. The summed E-state index contributed by atoms with van der Waals surface area (Å²) in [4.78, 5) is 0. The molecule has 1 aromatic carbocycles. The number of hydrogen-bond donors (Lipinski definition) is 1. The molecule has 0 unspecified atom stereocenters. The summed E-state index contributed by atoms with van der Waals surface area (Å²) in [6.45, 7) is 8.18. The molecule has 118 valence electrons. The first-order valence-electron chi connectivity index (χ1n) is 6.82. The third kappa shape index (κ3) is 6.21. The second-order valence-corrected chi connectivity index (χ2v) is 5.81. The molecular weight excluding hydrogens is 279 g/mol. The van der Waals surface area contributed by atoms with Crippen molar-refractivity contribution in [2.45, 2.75) is 46.0 Å². The second-order valence-electron chi connectivity index (χ2n) is 5.81. The van der Waals surface area contributed by atoms with Crippen molar-refractivity contribution in [2.75, 3.05) is 6.61 Å². The average Bonchev–Trinajstić information content (AvgIpc) is 2.35. The van der Waals surface area contributed by atoms with E-state index in [4.69, 9.17) is 4.74 Å². The van der Waals surface area contributed by atoms with E-state index < -0.39 is 11.7 Å². The van der Waals surface area contributed by atoms with Crippen LogP contribution in [-0.2, 0) is 12.7 Å². The van der Waals surface area contributed by atoms with E-state index in [0.29, 0.717) is 12.1 Å². The lowest BCUT2D eigenvalue weighted by Gasteiger charge is -2.21. The number of nitrogens with one attached hydrogen (secondary N) is 1. The van der Waals surface area contributed by atoms with Crippen molar-refractivity contribution in [1.29, 1.82) is 0 Å². The summed E-state index contributed by atoms with van der Waals surface area (Å²) in [5.41, 5.74) is -0.310. The maximum atomic E-state index is 13.1. The number of hydrogen-bond acceptors (Lipinski definition) is 2. The van der Waals surface area contributed by atoms with E-state index in [0.717, 1.165) is 6.07 Å². The molecule has 1 rings (SSSR count). The van der Waals surface area contributed by atoms with Crippen molar-refractivity contribution >= 4 is 0 Å². The van der Waals surface area contributed by atoms with Gasteiger partial charge in [-0.3, -0.25) is 0 Å². The molecular formula is C16H22F3NO. The maximum Gasteiger partial charge on any atom is 0.419 e. The average molecular weight is 301 g/mol. The van der Waals surface area contributed by atoms with Crippen LogP contribution in [0.2, 0.25) is 0 Å². The summed E-state index contributed by atoms with van der Waals surface area (Å²) in [7, 11) is 0. The fourth-order valence-electron chi connectivity index (χ4n) is 1.64. The van der Waals surface area contributed by atoms with Gasteiger partial charge in [0.15, 0.2) is 0 Å². The van der Waals surface area contributed by atoms with Crippen LogP contribution in [0.3, 0.4) is 0 Å². The molecule has 0 fully saturated rings. The molecule has 0 spiro atoms. The zero-order chi connectivity index (χ0) is 16.1. The lowest BCUT2D eigenvalue weighted by atomic mass is 10.1. The van der Waals surface area contributed by atoms with Crippen LogP contribution in [0.4, 0.5) is 13.2 Å². The Morgan fingerprint density at radius 2 is 1.86 bits per heavy atom. The minimum absolute atomic E-state index is 0.124. The van der Waals surface area contributed by atoms with Crippen molar-refractivity contribution in [3.05, 3.63) is 41.5 Å². The molecule has 0 amide bonds. The zero-order valence-corrected chi connectivity index (χ0v) is 12.8. The van der Waals surface area contributed by atoms with Gasteiger partial charge in [0.25, 0.3) is 0 Å². The highest BCUT2D eigenvalue weighted by molar-refractivity contribution is 5.39. The molecule has 0 saturated heterocycles. The molecule has 21 heavy (non-hydrogen) atoms. The number of ether oxygens (including phenoxy) is 1. The predicted octanol–water partition coefficient (Wildman–Crippen LogP) is 4.55. The molecule has 5 heteroatoms. The summed E-state index contributed by atoms with van der Waals surface area (Å²) in [6, 6.07) is 4.18. The van der Waals surface area contributed by atoms with Gasteiger partial charge in [-0.2, -0.15) is 13.2 Å². The van der Waals surface area contributed by atoms with E-state index in [1.165, 1.54) is 6.07 Å². The van der Waals surface area contributed by atoms with Gasteiger partial charge < -0.3 is 10.1 Å². The largest absolute Gasteiger partial charge is 0.489 e. The molecule has 0 aliphatic carbocycles. The second kappa shape index (κ2) is 6.98. The number of benzene rings is 1. The van der Waals surface area contributed by atoms with Gasteiger partial charge in [0, 0.05) is 12.1 Å². The van der Waals surface area contributed by atoms with Crippen molar-refractivity contribution in [3.8, 4) is 5.75 Å². The Bertz CT molecular complexity index is 487. The van der Waals surface area contributed by atoms with Crippen LogP contribution < -0.4 is 10.1 Å². The Hall–Kier alpha value is -1.49. The lowest BCUT2D eigenvalue weighted by Crippen LogP contribution is -2.35. The van der Waals surface area contributed by atoms with Crippen molar-refractivity contribution < 1.29 is 17.9 Å². The van der Waals surface area contributed by atoms with Gasteiger partial charge >= 0.3 is 6.18 Å². The Kier molecular flexibility index (Phi) is 5.84. The van der Waals surface area contributed by atoms with E-state index in [1.54, 1.807) is 25.1 Å². The van der Waals surface area contributed by atoms with E-state index >= 15 is 0 Å². The van der Waals surface area contributed by atoms with Crippen molar-refractivity contribution in [1.82, 2.24) is 5.32 Å². The number of rotatable bonds is 5.